The third-order valence-corrected chi connectivity index (χ3v) is 6.64. The van der Waals surface area contributed by atoms with Gasteiger partial charge in [-0.05, 0) is 79.2 Å². The molecule has 3 aromatic carbocycles. The van der Waals surface area contributed by atoms with Gasteiger partial charge in [0.2, 0.25) is 0 Å². The first-order chi connectivity index (χ1) is 15.5. The standard InChI is InChI=1S/C29H29F3/c1-2-3-4-5-21-9-13-23(28(31)18-21)12-8-20-6-10-22(11-7-20)24-14-16-26-25(19-24)15-17-27(30)29(26)32/h9,13-20,22H,2-7,10-11H2,1H3. The molecular formula is C29H29F3. The number of fused-ring (bicyclic) bond motifs is 1. The van der Waals surface area contributed by atoms with Crippen molar-refractivity contribution < 1.29 is 13.2 Å². The Balaban J connectivity index is 1.37. The molecular weight excluding hydrogens is 405 g/mol. The molecule has 1 fully saturated rings. The second-order valence-corrected chi connectivity index (χ2v) is 8.93. The van der Waals surface area contributed by atoms with Crippen LogP contribution in [-0.4, -0.2) is 0 Å². The Labute approximate surface area is 188 Å². The lowest BCUT2D eigenvalue weighted by Crippen LogP contribution is -2.12. The maximum atomic E-state index is 14.4. The lowest BCUT2D eigenvalue weighted by Gasteiger charge is -2.26. The lowest BCUT2D eigenvalue weighted by molar-refractivity contribution is 0.385. The minimum absolute atomic E-state index is 0.222. The van der Waals surface area contributed by atoms with E-state index in [1.54, 1.807) is 18.2 Å². The van der Waals surface area contributed by atoms with E-state index < -0.39 is 11.6 Å². The summed E-state index contributed by atoms with van der Waals surface area (Å²) in [5.41, 5.74) is 2.69. The van der Waals surface area contributed by atoms with Gasteiger partial charge in [-0.1, -0.05) is 61.9 Å². The summed E-state index contributed by atoms with van der Waals surface area (Å²) in [5.74, 6) is 5.19. The van der Waals surface area contributed by atoms with E-state index in [4.69, 9.17) is 0 Å². The first-order valence-electron chi connectivity index (χ1n) is 11.7. The zero-order chi connectivity index (χ0) is 22.5. The molecule has 0 aromatic heterocycles. The van der Waals surface area contributed by atoms with Crippen LogP contribution in [0.1, 0.15) is 74.5 Å². The van der Waals surface area contributed by atoms with E-state index in [0.717, 1.165) is 55.9 Å². The summed E-state index contributed by atoms with van der Waals surface area (Å²) in [6.45, 7) is 2.16. The van der Waals surface area contributed by atoms with Gasteiger partial charge in [-0.25, -0.2) is 13.2 Å². The quantitative estimate of drug-likeness (QED) is 0.280. The van der Waals surface area contributed by atoms with Crippen molar-refractivity contribution in [2.45, 2.75) is 64.2 Å². The first kappa shape index (κ1) is 22.5. The van der Waals surface area contributed by atoms with Crippen LogP contribution in [0.3, 0.4) is 0 Å². The van der Waals surface area contributed by atoms with E-state index in [9.17, 15) is 13.2 Å². The minimum atomic E-state index is -0.813. The number of hydrogen-bond acceptors (Lipinski definition) is 0. The largest absolute Gasteiger partial charge is 0.206 e. The molecule has 3 aromatic rings. The molecule has 0 unspecified atom stereocenters. The van der Waals surface area contributed by atoms with Gasteiger partial charge in [0.25, 0.3) is 0 Å². The number of benzene rings is 3. The number of hydrogen-bond donors (Lipinski definition) is 0. The van der Waals surface area contributed by atoms with Crippen molar-refractivity contribution in [3.05, 3.63) is 82.7 Å². The van der Waals surface area contributed by atoms with Crippen molar-refractivity contribution in [1.29, 1.82) is 0 Å². The maximum absolute atomic E-state index is 14.4. The van der Waals surface area contributed by atoms with Gasteiger partial charge in [-0.15, -0.1) is 0 Å². The zero-order valence-corrected chi connectivity index (χ0v) is 18.6. The maximum Gasteiger partial charge on any atom is 0.166 e. The molecule has 1 aliphatic rings. The van der Waals surface area contributed by atoms with Crippen molar-refractivity contribution in [2.75, 3.05) is 0 Å². The van der Waals surface area contributed by atoms with Crippen LogP contribution < -0.4 is 0 Å². The smallest absolute Gasteiger partial charge is 0.166 e. The van der Waals surface area contributed by atoms with Crippen LogP contribution in [0.15, 0.2) is 48.5 Å². The average molecular weight is 435 g/mol. The predicted octanol–water partition coefficient (Wildman–Crippen LogP) is 8.32. The van der Waals surface area contributed by atoms with Crippen LogP contribution >= 0.6 is 0 Å². The Bertz CT molecular complexity index is 1140. The fourth-order valence-corrected chi connectivity index (χ4v) is 4.68. The second kappa shape index (κ2) is 10.3. The minimum Gasteiger partial charge on any atom is -0.206 e. The average Bonchev–Trinajstić information content (AvgIpc) is 2.81. The number of rotatable bonds is 5. The molecule has 0 spiro atoms. The molecule has 0 aliphatic heterocycles. The summed E-state index contributed by atoms with van der Waals surface area (Å²) >= 11 is 0. The van der Waals surface area contributed by atoms with E-state index in [1.165, 1.54) is 18.1 Å². The van der Waals surface area contributed by atoms with Crippen molar-refractivity contribution in [1.82, 2.24) is 0 Å². The van der Waals surface area contributed by atoms with Crippen LogP contribution in [0.4, 0.5) is 13.2 Å². The molecule has 166 valence electrons. The number of unbranched alkanes of at least 4 members (excludes halogenated alkanes) is 2. The SMILES string of the molecule is CCCCCc1ccc(C#CC2CCC(c3ccc4c(F)c(F)ccc4c3)CC2)c(F)c1. The second-order valence-electron chi connectivity index (χ2n) is 8.93. The molecule has 1 aliphatic carbocycles. The van der Waals surface area contributed by atoms with Crippen molar-refractivity contribution in [2.24, 2.45) is 5.92 Å². The van der Waals surface area contributed by atoms with Gasteiger partial charge in [0.05, 0.1) is 5.56 Å². The summed E-state index contributed by atoms with van der Waals surface area (Å²) in [6.07, 6.45) is 8.25. The molecule has 0 N–H and O–H groups in total. The monoisotopic (exact) mass is 434 g/mol. The van der Waals surface area contributed by atoms with E-state index in [-0.39, 0.29) is 11.7 Å². The Hall–Kier alpha value is -2.73. The third-order valence-electron chi connectivity index (χ3n) is 6.64. The van der Waals surface area contributed by atoms with Gasteiger partial charge >= 0.3 is 0 Å². The van der Waals surface area contributed by atoms with Gasteiger partial charge in [-0.3, -0.25) is 0 Å². The molecule has 0 bridgehead atoms. The summed E-state index contributed by atoms with van der Waals surface area (Å²) in [6, 6.07) is 13.8. The molecule has 0 atom stereocenters. The fraction of sp³-hybridized carbons (Fsp3) is 0.379. The molecule has 0 heterocycles. The fourth-order valence-electron chi connectivity index (χ4n) is 4.68. The van der Waals surface area contributed by atoms with E-state index in [2.05, 4.69) is 18.8 Å². The Kier molecular flexibility index (Phi) is 7.20. The summed E-state index contributed by atoms with van der Waals surface area (Å²) in [7, 11) is 0. The van der Waals surface area contributed by atoms with Crippen molar-refractivity contribution >= 4 is 10.8 Å². The van der Waals surface area contributed by atoms with Crippen molar-refractivity contribution in [3.8, 4) is 11.8 Å². The van der Waals surface area contributed by atoms with E-state index >= 15 is 0 Å². The first-order valence-corrected chi connectivity index (χ1v) is 11.7. The van der Waals surface area contributed by atoms with Gasteiger partial charge in [-0.2, -0.15) is 0 Å². The molecule has 0 saturated heterocycles. The number of aryl methyl sites for hydroxylation is 1. The Morgan fingerprint density at radius 3 is 2.41 bits per heavy atom. The summed E-state index contributed by atoms with van der Waals surface area (Å²) in [5, 5.41) is 1.06. The predicted molar refractivity (Wildman–Crippen MR) is 125 cm³/mol. The molecule has 0 radical (unpaired) electrons. The summed E-state index contributed by atoms with van der Waals surface area (Å²) < 4.78 is 41.8. The highest BCUT2D eigenvalue weighted by Crippen LogP contribution is 2.37. The molecule has 4 rings (SSSR count). The van der Waals surface area contributed by atoms with Crippen LogP contribution in [0.5, 0.6) is 0 Å². The molecule has 1 saturated carbocycles. The van der Waals surface area contributed by atoms with Gasteiger partial charge < -0.3 is 0 Å². The topological polar surface area (TPSA) is 0 Å². The molecule has 0 nitrogen and oxygen atoms in total. The lowest BCUT2D eigenvalue weighted by atomic mass is 9.78. The van der Waals surface area contributed by atoms with Gasteiger partial charge in [0, 0.05) is 11.3 Å². The highest BCUT2D eigenvalue weighted by molar-refractivity contribution is 5.84. The van der Waals surface area contributed by atoms with Crippen LogP contribution in [0.25, 0.3) is 10.8 Å². The normalized spacial score (nSPS) is 18.4. The van der Waals surface area contributed by atoms with E-state index in [1.807, 2.05) is 24.3 Å². The Morgan fingerprint density at radius 1 is 0.844 bits per heavy atom. The third kappa shape index (κ3) is 5.18. The molecule has 0 amide bonds. The van der Waals surface area contributed by atoms with E-state index in [0.29, 0.717) is 16.9 Å². The summed E-state index contributed by atoms with van der Waals surface area (Å²) in [4.78, 5) is 0. The Morgan fingerprint density at radius 2 is 1.66 bits per heavy atom. The molecule has 3 heteroatoms. The van der Waals surface area contributed by atoms with Crippen LogP contribution in [0.2, 0.25) is 0 Å². The van der Waals surface area contributed by atoms with Gasteiger partial charge in [0.15, 0.2) is 11.6 Å². The van der Waals surface area contributed by atoms with Crippen LogP contribution in [0, 0.1) is 35.2 Å². The van der Waals surface area contributed by atoms with Crippen LogP contribution in [-0.2, 0) is 6.42 Å². The number of halogens is 3. The van der Waals surface area contributed by atoms with Crippen molar-refractivity contribution in [3.63, 3.8) is 0 Å². The highest BCUT2D eigenvalue weighted by atomic mass is 19.2. The molecule has 32 heavy (non-hydrogen) atoms. The van der Waals surface area contributed by atoms with Gasteiger partial charge in [0.1, 0.15) is 5.82 Å². The highest BCUT2D eigenvalue weighted by Gasteiger charge is 2.22. The zero-order valence-electron chi connectivity index (χ0n) is 18.6.